The first-order chi connectivity index (χ1) is 15.7. The summed E-state index contributed by atoms with van der Waals surface area (Å²) in [6, 6.07) is 22.6. The Labute approximate surface area is 189 Å². The molecule has 5 rings (SSSR count). The van der Waals surface area contributed by atoms with Gasteiger partial charge >= 0.3 is 0 Å². The van der Waals surface area contributed by atoms with Crippen LogP contribution in [0.1, 0.15) is 12.5 Å². The molecule has 0 spiro atoms. The molecule has 0 saturated carbocycles. The van der Waals surface area contributed by atoms with Gasteiger partial charge in [0.15, 0.2) is 5.16 Å². The first-order valence-electron chi connectivity index (χ1n) is 10.5. The van der Waals surface area contributed by atoms with E-state index in [9.17, 15) is 4.79 Å². The number of nitrogens with one attached hydrogen (secondary N) is 1. The topological polar surface area (TPSA) is 64.2 Å². The third-order valence-electron chi connectivity index (χ3n) is 5.59. The molecule has 1 amide bonds. The third-order valence-corrected chi connectivity index (χ3v) is 6.62. The monoisotopic (exact) mass is 441 g/mol. The van der Waals surface area contributed by atoms with E-state index >= 15 is 0 Å². The van der Waals surface area contributed by atoms with E-state index in [2.05, 4.69) is 63.4 Å². The van der Waals surface area contributed by atoms with E-state index in [1.807, 2.05) is 41.9 Å². The van der Waals surface area contributed by atoms with Crippen LogP contribution < -0.4 is 5.43 Å². The number of benzene rings is 3. The summed E-state index contributed by atoms with van der Waals surface area (Å²) in [4.78, 5) is 16.9. The SMILES string of the molecule is CCn1c2ccccc2c2cc(/C=N\NC(=O)CSc3nc4ccccc4n3C)ccc21. The quantitative estimate of drug-likeness (QED) is 0.231. The Morgan fingerprint density at radius 2 is 1.78 bits per heavy atom. The van der Waals surface area contributed by atoms with Crippen molar-refractivity contribution in [3.63, 3.8) is 0 Å². The van der Waals surface area contributed by atoms with Crippen LogP contribution >= 0.6 is 11.8 Å². The lowest BCUT2D eigenvalue weighted by atomic mass is 10.1. The molecule has 2 heterocycles. The average Bonchev–Trinajstić information content (AvgIpc) is 3.32. The number of fused-ring (bicyclic) bond motifs is 4. The molecular formula is C25H23N5OS. The van der Waals surface area contributed by atoms with Crippen molar-refractivity contribution >= 4 is 56.7 Å². The lowest BCUT2D eigenvalue weighted by molar-refractivity contribution is -0.118. The molecule has 1 N–H and O–H groups in total. The fraction of sp³-hybridized carbons (Fsp3) is 0.160. The Hall–Kier alpha value is -3.58. The molecule has 7 heteroatoms. The standard InChI is InChI=1S/C25H23N5OS/c1-3-30-21-10-6-4-8-18(21)19-14-17(12-13-22(19)30)15-26-28-24(31)16-32-25-27-20-9-5-7-11-23(20)29(25)2/h4-15H,3,16H2,1-2H3,(H,28,31)/b26-15-. The maximum Gasteiger partial charge on any atom is 0.250 e. The van der Waals surface area contributed by atoms with Crippen molar-refractivity contribution in [3.8, 4) is 0 Å². The molecule has 0 atom stereocenters. The maximum atomic E-state index is 12.3. The second-order valence-electron chi connectivity index (χ2n) is 7.56. The summed E-state index contributed by atoms with van der Waals surface area (Å²) >= 11 is 1.40. The number of hydrogen-bond donors (Lipinski definition) is 1. The Bertz CT molecular complexity index is 1480. The summed E-state index contributed by atoms with van der Waals surface area (Å²) in [5.74, 6) is 0.0827. The van der Waals surface area contributed by atoms with Crippen LogP contribution in [0.5, 0.6) is 0 Å². The van der Waals surface area contributed by atoms with Gasteiger partial charge in [-0.05, 0) is 42.8 Å². The first-order valence-corrected chi connectivity index (χ1v) is 11.5. The Kier molecular flexibility index (Phi) is 5.41. The zero-order chi connectivity index (χ0) is 22.1. The van der Waals surface area contributed by atoms with Gasteiger partial charge in [-0.2, -0.15) is 5.10 Å². The van der Waals surface area contributed by atoms with E-state index in [0.29, 0.717) is 0 Å². The summed E-state index contributed by atoms with van der Waals surface area (Å²) in [5.41, 5.74) is 7.97. The Morgan fingerprint density at radius 1 is 1.03 bits per heavy atom. The summed E-state index contributed by atoms with van der Waals surface area (Å²) in [7, 11) is 1.96. The van der Waals surface area contributed by atoms with Crippen molar-refractivity contribution in [1.82, 2.24) is 19.5 Å². The van der Waals surface area contributed by atoms with Crippen molar-refractivity contribution in [3.05, 3.63) is 72.3 Å². The second-order valence-corrected chi connectivity index (χ2v) is 8.50. The summed E-state index contributed by atoms with van der Waals surface area (Å²) in [5, 5.41) is 7.38. The number of carbonyl (C=O) groups is 1. The lowest BCUT2D eigenvalue weighted by Crippen LogP contribution is -2.19. The molecule has 0 fully saturated rings. The highest BCUT2D eigenvalue weighted by Crippen LogP contribution is 2.29. The fourth-order valence-electron chi connectivity index (χ4n) is 4.09. The fourth-order valence-corrected chi connectivity index (χ4v) is 4.87. The smallest absolute Gasteiger partial charge is 0.250 e. The molecule has 0 aliphatic rings. The van der Waals surface area contributed by atoms with Crippen molar-refractivity contribution in [2.75, 3.05) is 5.75 Å². The number of aromatic nitrogens is 3. The number of rotatable bonds is 6. The first kappa shape index (κ1) is 20.3. The van der Waals surface area contributed by atoms with Crippen LogP contribution in [0.2, 0.25) is 0 Å². The average molecular weight is 442 g/mol. The predicted molar refractivity (Wildman–Crippen MR) is 132 cm³/mol. The number of para-hydroxylation sites is 3. The van der Waals surface area contributed by atoms with Gasteiger partial charge in [0.25, 0.3) is 5.91 Å². The number of amides is 1. The van der Waals surface area contributed by atoms with Crippen LogP contribution in [-0.4, -0.2) is 32.0 Å². The predicted octanol–water partition coefficient (Wildman–Crippen LogP) is 4.94. The van der Waals surface area contributed by atoms with E-state index in [1.54, 1.807) is 6.21 Å². The molecule has 0 bridgehead atoms. The lowest BCUT2D eigenvalue weighted by Gasteiger charge is -2.03. The minimum absolute atomic E-state index is 0.165. The molecule has 0 unspecified atom stereocenters. The molecule has 6 nitrogen and oxygen atoms in total. The van der Waals surface area contributed by atoms with Crippen molar-refractivity contribution in [2.45, 2.75) is 18.6 Å². The van der Waals surface area contributed by atoms with Gasteiger partial charge in [0, 0.05) is 35.4 Å². The Morgan fingerprint density at radius 3 is 2.59 bits per heavy atom. The van der Waals surface area contributed by atoms with E-state index in [-0.39, 0.29) is 11.7 Å². The number of imidazole rings is 1. The maximum absolute atomic E-state index is 12.3. The van der Waals surface area contributed by atoms with E-state index in [1.165, 1.54) is 33.6 Å². The molecular weight excluding hydrogens is 418 g/mol. The number of hydrogen-bond acceptors (Lipinski definition) is 4. The van der Waals surface area contributed by atoms with Crippen molar-refractivity contribution in [1.29, 1.82) is 0 Å². The molecule has 0 aliphatic heterocycles. The molecule has 2 aromatic heterocycles. The van der Waals surface area contributed by atoms with Gasteiger partial charge < -0.3 is 9.13 Å². The molecule has 0 radical (unpaired) electrons. The molecule has 5 aromatic rings. The number of aryl methyl sites for hydroxylation is 2. The normalized spacial score (nSPS) is 11.8. The van der Waals surface area contributed by atoms with Crippen molar-refractivity contribution < 1.29 is 4.79 Å². The summed E-state index contributed by atoms with van der Waals surface area (Å²) < 4.78 is 4.31. The van der Waals surface area contributed by atoms with Crippen LogP contribution in [0.3, 0.4) is 0 Å². The molecule has 3 aromatic carbocycles. The second kappa shape index (κ2) is 8.51. The number of hydrazone groups is 1. The molecule has 32 heavy (non-hydrogen) atoms. The van der Waals surface area contributed by atoms with Gasteiger partial charge in [-0.15, -0.1) is 0 Å². The van der Waals surface area contributed by atoms with Crippen LogP contribution in [-0.2, 0) is 18.4 Å². The van der Waals surface area contributed by atoms with Crippen LogP contribution in [0.4, 0.5) is 0 Å². The number of thioether (sulfide) groups is 1. The molecule has 0 saturated heterocycles. The van der Waals surface area contributed by atoms with Gasteiger partial charge in [0.05, 0.1) is 23.0 Å². The zero-order valence-electron chi connectivity index (χ0n) is 17.9. The van der Waals surface area contributed by atoms with Crippen LogP contribution in [0.15, 0.2) is 77.0 Å². The highest BCUT2D eigenvalue weighted by Gasteiger charge is 2.11. The van der Waals surface area contributed by atoms with Gasteiger partial charge in [-0.3, -0.25) is 4.79 Å². The van der Waals surface area contributed by atoms with Gasteiger partial charge in [-0.25, -0.2) is 10.4 Å². The molecule has 160 valence electrons. The third kappa shape index (κ3) is 3.65. The number of nitrogens with zero attached hydrogens (tertiary/aromatic N) is 4. The Balaban J connectivity index is 1.27. The van der Waals surface area contributed by atoms with Gasteiger partial charge in [0.2, 0.25) is 0 Å². The van der Waals surface area contributed by atoms with E-state index < -0.39 is 0 Å². The summed E-state index contributed by atoms with van der Waals surface area (Å²) in [6.45, 7) is 3.07. The zero-order valence-corrected chi connectivity index (χ0v) is 18.8. The van der Waals surface area contributed by atoms with Gasteiger partial charge in [-0.1, -0.05) is 48.2 Å². The van der Waals surface area contributed by atoms with Crippen LogP contribution in [0, 0.1) is 0 Å². The molecule has 0 aliphatic carbocycles. The minimum atomic E-state index is -0.165. The van der Waals surface area contributed by atoms with Crippen molar-refractivity contribution in [2.24, 2.45) is 12.1 Å². The highest BCUT2D eigenvalue weighted by molar-refractivity contribution is 7.99. The van der Waals surface area contributed by atoms with E-state index in [4.69, 9.17) is 0 Å². The highest BCUT2D eigenvalue weighted by atomic mass is 32.2. The van der Waals surface area contributed by atoms with Gasteiger partial charge in [0.1, 0.15) is 0 Å². The largest absolute Gasteiger partial charge is 0.341 e. The number of carbonyl (C=O) groups excluding carboxylic acids is 1. The minimum Gasteiger partial charge on any atom is -0.341 e. The van der Waals surface area contributed by atoms with E-state index in [0.717, 1.165) is 28.3 Å². The van der Waals surface area contributed by atoms with Crippen LogP contribution in [0.25, 0.3) is 32.8 Å². The summed E-state index contributed by atoms with van der Waals surface area (Å²) in [6.07, 6.45) is 1.69.